The highest BCUT2D eigenvalue weighted by atomic mass is 16.5. The maximum absolute atomic E-state index is 5.30. The number of hydrogen-bond donors (Lipinski definition) is 0. The fraction of sp³-hybridized carbons (Fsp3) is 1.00. The van der Waals surface area contributed by atoms with Crippen LogP contribution in [0.2, 0.25) is 0 Å². The Kier molecular flexibility index (Phi) is 1.94. The molecule has 0 bridgehead atoms. The van der Waals surface area contributed by atoms with Crippen LogP contribution < -0.4 is 0 Å². The predicted molar refractivity (Wildman–Crippen MR) is 40.9 cm³/mol. The molecule has 1 aliphatic heterocycles. The van der Waals surface area contributed by atoms with E-state index in [2.05, 4.69) is 0 Å². The van der Waals surface area contributed by atoms with Crippen molar-refractivity contribution >= 4 is 0 Å². The number of rotatable bonds is 2. The molecule has 0 amide bonds. The summed E-state index contributed by atoms with van der Waals surface area (Å²) in [7, 11) is 0. The monoisotopic (exact) mass is 140 g/mol. The highest BCUT2D eigenvalue weighted by Gasteiger charge is 2.26. The van der Waals surface area contributed by atoms with E-state index in [0.717, 1.165) is 25.0 Å². The molecule has 0 radical (unpaired) electrons. The minimum absolute atomic E-state index is 1.02. The fourth-order valence-corrected chi connectivity index (χ4v) is 1.81. The van der Waals surface area contributed by atoms with Crippen molar-refractivity contribution in [2.75, 3.05) is 13.2 Å². The molecule has 1 heteroatoms. The van der Waals surface area contributed by atoms with Crippen LogP contribution >= 0.6 is 0 Å². The molecule has 0 atom stereocenters. The summed E-state index contributed by atoms with van der Waals surface area (Å²) in [6.07, 6.45) is 7.19. The van der Waals surface area contributed by atoms with Gasteiger partial charge in [0.2, 0.25) is 0 Å². The Morgan fingerprint density at radius 3 is 2.10 bits per heavy atom. The van der Waals surface area contributed by atoms with Crippen LogP contribution in [0.15, 0.2) is 0 Å². The summed E-state index contributed by atoms with van der Waals surface area (Å²) < 4.78 is 5.30. The van der Waals surface area contributed by atoms with Gasteiger partial charge in [-0.1, -0.05) is 12.8 Å². The highest BCUT2D eigenvalue weighted by Crippen LogP contribution is 2.37. The second-order valence-corrected chi connectivity index (χ2v) is 3.73. The van der Waals surface area contributed by atoms with E-state index in [1.807, 2.05) is 0 Å². The Labute approximate surface area is 62.8 Å². The van der Waals surface area contributed by atoms with Gasteiger partial charge in [0.1, 0.15) is 0 Å². The Morgan fingerprint density at radius 2 is 1.50 bits per heavy atom. The summed E-state index contributed by atoms with van der Waals surface area (Å²) in [6.45, 7) is 2.05. The molecule has 1 aliphatic carbocycles. The molecule has 1 saturated heterocycles. The van der Waals surface area contributed by atoms with E-state index in [4.69, 9.17) is 4.74 Å². The standard InChI is InChI=1S/C9H16O/c1-2-8(1)7-9-3-5-10-6-4-9/h8-9H,1-7H2. The van der Waals surface area contributed by atoms with Gasteiger partial charge in [-0.25, -0.2) is 0 Å². The molecule has 0 N–H and O–H groups in total. The predicted octanol–water partition coefficient (Wildman–Crippen LogP) is 2.21. The van der Waals surface area contributed by atoms with Crippen LogP contribution in [0.3, 0.4) is 0 Å². The summed E-state index contributed by atoms with van der Waals surface area (Å²) >= 11 is 0. The molecule has 2 fully saturated rings. The van der Waals surface area contributed by atoms with E-state index in [0.29, 0.717) is 0 Å². The quantitative estimate of drug-likeness (QED) is 0.571. The first-order valence-corrected chi connectivity index (χ1v) is 4.53. The van der Waals surface area contributed by atoms with E-state index < -0.39 is 0 Å². The first-order chi connectivity index (χ1) is 4.95. The number of ether oxygens (including phenoxy) is 1. The van der Waals surface area contributed by atoms with Crippen molar-refractivity contribution in [1.29, 1.82) is 0 Å². The third-order valence-corrected chi connectivity index (χ3v) is 2.70. The van der Waals surface area contributed by atoms with Gasteiger partial charge in [-0.05, 0) is 31.1 Å². The van der Waals surface area contributed by atoms with Gasteiger partial charge in [-0.15, -0.1) is 0 Å². The summed E-state index contributed by atoms with van der Waals surface area (Å²) in [5.41, 5.74) is 0. The molecule has 0 unspecified atom stereocenters. The van der Waals surface area contributed by atoms with Crippen LogP contribution in [0, 0.1) is 11.8 Å². The van der Waals surface area contributed by atoms with Gasteiger partial charge in [-0.3, -0.25) is 0 Å². The lowest BCUT2D eigenvalue weighted by molar-refractivity contribution is 0.0622. The SMILES string of the molecule is C1CC(CC2CC2)CCO1. The van der Waals surface area contributed by atoms with Crippen molar-refractivity contribution < 1.29 is 4.74 Å². The molecular weight excluding hydrogens is 124 g/mol. The third kappa shape index (κ3) is 1.72. The molecule has 1 nitrogen and oxygen atoms in total. The Morgan fingerprint density at radius 1 is 0.900 bits per heavy atom. The molecule has 1 saturated carbocycles. The fourth-order valence-electron chi connectivity index (χ4n) is 1.81. The molecule has 10 heavy (non-hydrogen) atoms. The van der Waals surface area contributed by atoms with Crippen molar-refractivity contribution in [3.63, 3.8) is 0 Å². The van der Waals surface area contributed by atoms with Gasteiger partial charge in [-0.2, -0.15) is 0 Å². The second kappa shape index (κ2) is 2.91. The van der Waals surface area contributed by atoms with Crippen molar-refractivity contribution in [3.8, 4) is 0 Å². The second-order valence-electron chi connectivity index (χ2n) is 3.73. The summed E-state index contributed by atoms with van der Waals surface area (Å²) in [4.78, 5) is 0. The first-order valence-electron chi connectivity index (χ1n) is 4.53. The van der Waals surface area contributed by atoms with Gasteiger partial charge in [0, 0.05) is 13.2 Å². The lowest BCUT2D eigenvalue weighted by Gasteiger charge is -2.21. The molecule has 1 heterocycles. The van der Waals surface area contributed by atoms with E-state index in [1.54, 1.807) is 0 Å². The van der Waals surface area contributed by atoms with Crippen LogP contribution in [0.5, 0.6) is 0 Å². The summed E-state index contributed by atoms with van der Waals surface area (Å²) in [5, 5.41) is 0. The highest BCUT2D eigenvalue weighted by molar-refractivity contribution is 4.77. The van der Waals surface area contributed by atoms with Crippen LogP contribution in [0.25, 0.3) is 0 Å². The van der Waals surface area contributed by atoms with E-state index in [-0.39, 0.29) is 0 Å². The van der Waals surface area contributed by atoms with Gasteiger partial charge in [0.25, 0.3) is 0 Å². The van der Waals surface area contributed by atoms with Crippen molar-refractivity contribution in [3.05, 3.63) is 0 Å². The normalized spacial score (nSPS) is 28.8. The van der Waals surface area contributed by atoms with E-state index in [9.17, 15) is 0 Å². The molecule has 2 aliphatic rings. The molecule has 2 rings (SSSR count). The minimum Gasteiger partial charge on any atom is -0.381 e. The maximum Gasteiger partial charge on any atom is 0.0468 e. The molecular formula is C9H16O. The molecule has 0 spiro atoms. The Bertz CT molecular complexity index is 101. The van der Waals surface area contributed by atoms with Gasteiger partial charge in [0.15, 0.2) is 0 Å². The zero-order chi connectivity index (χ0) is 6.81. The van der Waals surface area contributed by atoms with E-state index >= 15 is 0 Å². The lowest BCUT2D eigenvalue weighted by atomic mass is 9.94. The lowest BCUT2D eigenvalue weighted by Crippen LogP contribution is -2.15. The smallest absolute Gasteiger partial charge is 0.0468 e. The zero-order valence-corrected chi connectivity index (χ0v) is 6.51. The van der Waals surface area contributed by atoms with Gasteiger partial charge in [0.05, 0.1) is 0 Å². The Hall–Kier alpha value is -0.0400. The average molecular weight is 140 g/mol. The van der Waals surface area contributed by atoms with E-state index in [1.165, 1.54) is 32.1 Å². The van der Waals surface area contributed by atoms with Crippen LogP contribution in [-0.2, 0) is 4.74 Å². The Balaban J connectivity index is 1.69. The zero-order valence-electron chi connectivity index (χ0n) is 6.51. The van der Waals surface area contributed by atoms with Crippen LogP contribution in [0.1, 0.15) is 32.1 Å². The first kappa shape index (κ1) is 6.66. The van der Waals surface area contributed by atoms with Crippen LogP contribution in [0.4, 0.5) is 0 Å². The molecule has 0 aromatic heterocycles. The van der Waals surface area contributed by atoms with Gasteiger partial charge >= 0.3 is 0 Å². The molecule has 0 aromatic carbocycles. The summed E-state index contributed by atoms with van der Waals surface area (Å²) in [6, 6.07) is 0. The van der Waals surface area contributed by atoms with Crippen LogP contribution in [-0.4, -0.2) is 13.2 Å². The maximum atomic E-state index is 5.30. The van der Waals surface area contributed by atoms with Crippen molar-refractivity contribution in [2.24, 2.45) is 11.8 Å². The average Bonchev–Trinajstić information content (AvgIpc) is 2.74. The largest absolute Gasteiger partial charge is 0.381 e. The topological polar surface area (TPSA) is 9.23 Å². The van der Waals surface area contributed by atoms with Crippen molar-refractivity contribution in [2.45, 2.75) is 32.1 Å². The number of hydrogen-bond acceptors (Lipinski definition) is 1. The molecule has 0 aromatic rings. The van der Waals surface area contributed by atoms with Crippen molar-refractivity contribution in [1.82, 2.24) is 0 Å². The summed E-state index contributed by atoms with van der Waals surface area (Å²) in [5.74, 6) is 2.13. The molecule has 58 valence electrons. The minimum atomic E-state index is 1.02. The third-order valence-electron chi connectivity index (χ3n) is 2.70. The van der Waals surface area contributed by atoms with Gasteiger partial charge < -0.3 is 4.74 Å².